The number of nitro benzene ring substituents is 1. The first-order chi connectivity index (χ1) is 8.69. The number of aliphatic hydroxyl groups is 1. The lowest BCUT2D eigenvalue weighted by Gasteiger charge is -2.10. The van der Waals surface area contributed by atoms with Crippen LogP contribution in [0.15, 0.2) is 30.9 Å². The molecule has 0 unspecified atom stereocenters. The van der Waals surface area contributed by atoms with Gasteiger partial charge in [-0.05, 0) is 6.07 Å². The van der Waals surface area contributed by atoms with Gasteiger partial charge >= 0.3 is 0 Å². The molecule has 0 aliphatic heterocycles. The van der Waals surface area contributed by atoms with Gasteiger partial charge in [0, 0.05) is 17.7 Å². The van der Waals surface area contributed by atoms with Gasteiger partial charge in [0.2, 0.25) is 0 Å². The van der Waals surface area contributed by atoms with Gasteiger partial charge in [0.25, 0.3) is 5.69 Å². The van der Waals surface area contributed by atoms with Crippen LogP contribution in [0.5, 0.6) is 5.75 Å². The lowest BCUT2D eigenvalue weighted by molar-refractivity contribution is -0.385. The first kappa shape index (κ1) is 14.1. The van der Waals surface area contributed by atoms with E-state index in [1.54, 1.807) is 6.08 Å². The largest absolute Gasteiger partial charge is 0.491 e. The molecular weight excluding hydrogens is 238 g/mol. The molecule has 0 aromatic heterocycles. The summed E-state index contributed by atoms with van der Waals surface area (Å²) < 4.78 is 10.5. The highest BCUT2D eigenvalue weighted by molar-refractivity contribution is 5.43. The van der Waals surface area contributed by atoms with Crippen LogP contribution in [0.2, 0.25) is 0 Å². The Morgan fingerprint density at radius 3 is 2.89 bits per heavy atom. The summed E-state index contributed by atoms with van der Waals surface area (Å²) >= 11 is 0. The molecule has 0 atom stereocenters. The quantitative estimate of drug-likeness (QED) is 0.330. The maximum absolute atomic E-state index is 10.7. The summed E-state index contributed by atoms with van der Waals surface area (Å²) in [5.41, 5.74) is 0.544. The minimum atomic E-state index is -0.479. The Hall–Kier alpha value is -1.92. The molecule has 18 heavy (non-hydrogen) atoms. The van der Waals surface area contributed by atoms with Crippen LogP contribution in [0, 0.1) is 10.1 Å². The van der Waals surface area contributed by atoms with Gasteiger partial charge in [-0.3, -0.25) is 10.1 Å². The molecular formula is C12H15NO5. The maximum atomic E-state index is 10.7. The van der Waals surface area contributed by atoms with Crippen molar-refractivity contribution in [3.8, 4) is 5.75 Å². The number of hydrogen-bond acceptors (Lipinski definition) is 5. The molecule has 0 fully saturated rings. The van der Waals surface area contributed by atoms with Gasteiger partial charge in [-0.1, -0.05) is 6.08 Å². The monoisotopic (exact) mass is 253 g/mol. The van der Waals surface area contributed by atoms with Crippen molar-refractivity contribution in [1.29, 1.82) is 0 Å². The molecule has 1 rings (SSSR count). The number of rotatable bonds is 8. The number of nitro groups is 1. The summed E-state index contributed by atoms with van der Waals surface area (Å²) in [6.07, 6.45) is 1.59. The van der Waals surface area contributed by atoms with E-state index in [0.717, 1.165) is 0 Å². The molecule has 0 bridgehead atoms. The fraction of sp³-hybridized carbons (Fsp3) is 0.333. The van der Waals surface area contributed by atoms with E-state index in [-0.39, 0.29) is 25.5 Å². The minimum absolute atomic E-state index is 0.0245. The number of non-ortho nitro benzene ring substituents is 1. The number of ether oxygens (including phenoxy) is 2. The highest BCUT2D eigenvalue weighted by Crippen LogP contribution is 2.25. The lowest BCUT2D eigenvalue weighted by atomic mass is 10.2. The number of benzene rings is 1. The second-order valence-electron chi connectivity index (χ2n) is 3.43. The van der Waals surface area contributed by atoms with Crippen molar-refractivity contribution < 1.29 is 19.5 Å². The Bertz CT molecular complexity index is 419. The summed E-state index contributed by atoms with van der Waals surface area (Å²) in [7, 11) is 0. The van der Waals surface area contributed by atoms with Crippen molar-refractivity contribution in [2.45, 2.75) is 6.61 Å². The number of nitrogens with zero attached hydrogens (tertiary/aromatic N) is 1. The molecule has 0 aliphatic carbocycles. The molecule has 0 saturated carbocycles. The van der Waals surface area contributed by atoms with Crippen LogP contribution in [0.4, 0.5) is 5.69 Å². The van der Waals surface area contributed by atoms with E-state index in [9.17, 15) is 10.1 Å². The fourth-order valence-electron chi connectivity index (χ4n) is 1.34. The number of hydrogen-bond donors (Lipinski definition) is 1. The summed E-state index contributed by atoms with van der Waals surface area (Å²) in [4.78, 5) is 10.2. The summed E-state index contributed by atoms with van der Waals surface area (Å²) in [5.74, 6) is 0.471. The molecule has 1 aromatic carbocycles. The third-order valence-electron chi connectivity index (χ3n) is 2.10. The first-order valence-corrected chi connectivity index (χ1v) is 5.38. The van der Waals surface area contributed by atoms with E-state index >= 15 is 0 Å². The van der Waals surface area contributed by atoms with Crippen LogP contribution >= 0.6 is 0 Å². The van der Waals surface area contributed by atoms with E-state index in [2.05, 4.69) is 6.58 Å². The molecule has 1 N–H and O–H groups in total. The fourth-order valence-corrected chi connectivity index (χ4v) is 1.34. The van der Waals surface area contributed by atoms with Crippen molar-refractivity contribution in [2.75, 3.05) is 19.8 Å². The van der Waals surface area contributed by atoms with Crippen molar-refractivity contribution in [3.63, 3.8) is 0 Å². The van der Waals surface area contributed by atoms with Crippen LogP contribution in [0.3, 0.4) is 0 Å². The number of aliphatic hydroxyl groups excluding tert-OH is 1. The van der Waals surface area contributed by atoms with E-state index in [4.69, 9.17) is 14.6 Å². The van der Waals surface area contributed by atoms with E-state index in [1.165, 1.54) is 18.2 Å². The molecule has 1 aromatic rings. The zero-order chi connectivity index (χ0) is 13.4. The van der Waals surface area contributed by atoms with Crippen LogP contribution in [-0.4, -0.2) is 29.9 Å². The molecule has 0 amide bonds. The third-order valence-corrected chi connectivity index (χ3v) is 2.10. The Labute approximate surface area is 105 Å². The van der Waals surface area contributed by atoms with Gasteiger partial charge in [0.05, 0.1) is 24.7 Å². The molecule has 6 nitrogen and oxygen atoms in total. The molecule has 98 valence electrons. The summed E-state index contributed by atoms with van der Waals surface area (Å²) in [5, 5.41) is 19.4. The predicted octanol–water partition coefficient (Wildman–Crippen LogP) is 1.67. The zero-order valence-corrected chi connectivity index (χ0v) is 9.87. The summed E-state index contributed by atoms with van der Waals surface area (Å²) in [6.45, 7) is 4.06. The topological polar surface area (TPSA) is 81.8 Å². The van der Waals surface area contributed by atoms with Crippen molar-refractivity contribution in [2.24, 2.45) is 0 Å². The highest BCUT2D eigenvalue weighted by Gasteiger charge is 2.11. The van der Waals surface area contributed by atoms with Crippen molar-refractivity contribution in [1.82, 2.24) is 0 Å². The van der Waals surface area contributed by atoms with E-state index in [1.807, 2.05) is 0 Å². The molecule has 0 radical (unpaired) electrons. The Balaban J connectivity index is 2.86. The molecule has 0 spiro atoms. The van der Waals surface area contributed by atoms with Gasteiger partial charge in [-0.15, -0.1) is 6.58 Å². The van der Waals surface area contributed by atoms with Crippen LogP contribution < -0.4 is 4.74 Å². The van der Waals surface area contributed by atoms with Crippen LogP contribution in [0.1, 0.15) is 5.56 Å². The van der Waals surface area contributed by atoms with Gasteiger partial charge < -0.3 is 14.6 Å². The second-order valence-corrected chi connectivity index (χ2v) is 3.43. The second kappa shape index (κ2) is 7.41. The third kappa shape index (κ3) is 4.15. The predicted molar refractivity (Wildman–Crippen MR) is 65.5 cm³/mol. The standard InChI is InChI=1S/C12H15NO5/c1-2-6-17-9-10-8-11(13(15)16)3-4-12(10)18-7-5-14/h2-4,8,14H,1,5-7,9H2. The normalized spacial score (nSPS) is 10.1. The average molecular weight is 253 g/mol. The maximum Gasteiger partial charge on any atom is 0.270 e. The Kier molecular flexibility index (Phi) is 5.83. The lowest BCUT2D eigenvalue weighted by Crippen LogP contribution is -2.05. The SMILES string of the molecule is C=CCOCc1cc([N+](=O)[O-])ccc1OCCO. The van der Waals surface area contributed by atoms with E-state index < -0.39 is 4.92 Å². The molecule has 0 heterocycles. The highest BCUT2D eigenvalue weighted by atomic mass is 16.6. The van der Waals surface area contributed by atoms with E-state index in [0.29, 0.717) is 17.9 Å². The first-order valence-electron chi connectivity index (χ1n) is 5.38. The zero-order valence-electron chi connectivity index (χ0n) is 9.87. The van der Waals surface area contributed by atoms with Crippen molar-refractivity contribution >= 4 is 5.69 Å². The Morgan fingerprint density at radius 1 is 1.50 bits per heavy atom. The minimum Gasteiger partial charge on any atom is -0.491 e. The average Bonchev–Trinajstić information content (AvgIpc) is 2.37. The molecule has 0 aliphatic rings. The van der Waals surface area contributed by atoms with Gasteiger partial charge in [-0.2, -0.15) is 0 Å². The van der Waals surface area contributed by atoms with Crippen LogP contribution in [-0.2, 0) is 11.3 Å². The molecule has 0 saturated heterocycles. The van der Waals surface area contributed by atoms with Crippen LogP contribution in [0.25, 0.3) is 0 Å². The Morgan fingerprint density at radius 2 is 2.28 bits per heavy atom. The summed E-state index contributed by atoms with van der Waals surface area (Å²) in [6, 6.07) is 4.25. The molecule has 6 heteroatoms. The smallest absolute Gasteiger partial charge is 0.270 e. The van der Waals surface area contributed by atoms with Gasteiger partial charge in [0.15, 0.2) is 0 Å². The van der Waals surface area contributed by atoms with Gasteiger partial charge in [0.1, 0.15) is 12.4 Å². The van der Waals surface area contributed by atoms with Gasteiger partial charge in [-0.25, -0.2) is 0 Å². The van der Waals surface area contributed by atoms with Crippen molar-refractivity contribution in [3.05, 3.63) is 46.5 Å².